The van der Waals surface area contributed by atoms with Crippen molar-refractivity contribution in [2.75, 3.05) is 26.8 Å². The highest BCUT2D eigenvalue weighted by Crippen LogP contribution is 2.59. The van der Waals surface area contributed by atoms with Gasteiger partial charge in [-0.05, 0) is 68.0 Å². The molecule has 2 aromatic rings. The van der Waals surface area contributed by atoms with Crippen LogP contribution in [-0.4, -0.2) is 48.5 Å². The van der Waals surface area contributed by atoms with Crippen molar-refractivity contribution in [2.45, 2.75) is 32.7 Å². The fraction of sp³-hybridized carbons (Fsp3) is 0.458. The van der Waals surface area contributed by atoms with Crippen molar-refractivity contribution in [1.29, 1.82) is 0 Å². The lowest BCUT2D eigenvalue weighted by Gasteiger charge is -2.32. The van der Waals surface area contributed by atoms with E-state index in [1.165, 1.54) is 0 Å². The maximum atomic E-state index is 12.6. The number of methoxy groups -OCH3 is 1. The minimum absolute atomic E-state index is 0.0159. The summed E-state index contributed by atoms with van der Waals surface area (Å²) in [6, 6.07) is 13.0. The van der Waals surface area contributed by atoms with Gasteiger partial charge in [0.15, 0.2) is 6.61 Å². The third-order valence-electron chi connectivity index (χ3n) is 6.43. The third kappa shape index (κ3) is 4.98. The summed E-state index contributed by atoms with van der Waals surface area (Å²) in [6.45, 7) is 3.77. The molecule has 1 spiro atoms. The van der Waals surface area contributed by atoms with Crippen LogP contribution in [0.3, 0.4) is 0 Å². The third-order valence-corrected chi connectivity index (χ3v) is 6.43. The van der Waals surface area contributed by atoms with Crippen molar-refractivity contribution in [1.82, 2.24) is 15.2 Å². The Hall–Kier alpha value is -3.09. The van der Waals surface area contributed by atoms with Crippen LogP contribution in [0.1, 0.15) is 30.7 Å². The lowest BCUT2D eigenvalue weighted by atomic mass is 9.90. The zero-order valence-corrected chi connectivity index (χ0v) is 18.1. The van der Waals surface area contributed by atoms with Gasteiger partial charge in [-0.25, -0.2) is 0 Å². The molecule has 1 atom stereocenters. The van der Waals surface area contributed by atoms with Crippen LogP contribution in [0.4, 0.5) is 0 Å². The molecule has 2 aliphatic rings. The average Bonchev–Trinajstić information content (AvgIpc) is 3.50. The maximum Gasteiger partial charge on any atom is 0.260 e. The molecule has 1 aliphatic carbocycles. The molecule has 1 aliphatic heterocycles. The molecule has 2 amide bonds. The number of carbonyl (C=O) groups is 2. The van der Waals surface area contributed by atoms with Gasteiger partial charge in [-0.15, -0.1) is 0 Å². The molecule has 164 valence electrons. The molecular formula is C24H29N3O4. The van der Waals surface area contributed by atoms with E-state index in [1.54, 1.807) is 31.4 Å². The van der Waals surface area contributed by atoms with Crippen LogP contribution in [0.5, 0.6) is 11.5 Å². The highest BCUT2D eigenvalue weighted by molar-refractivity contribution is 5.83. The van der Waals surface area contributed by atoms with Crippen molar-refractivity contribution in [3.8, 4) is 11.5 Å². The maximum absolute atomic E-state index is 12.6. The molecule has 2 heterocycles. The summed E-state index contributed by atoms with van der Waals surface area (Å²) in [4.78, 5) is 31.4. The molecule has 1 aromatic heterocycles. The molecule has 0 bridgehead atoms. The quantitative estimate of drug-likeness (QED) is 0.741. The van der Waals surface area contributed by atoms with Crippen LogP contribution in [0, 0.1) is 18.3 Å². The minimum atomic E-state index is -0.0159. The van der Waals surface area contributed by atoms with Gasteiger partial charge >= 0.3 is 0 Å². The molecule has 2 fully saturated rings. The first kappa shape index (κ1) is 21.2. The Labute approximate surface area is 182 Å². The van der Waals surface area contributed by atoms with Crippen molar-refractivity contribution in [3.05, 3.63) is 53.9 Å². The average molecular weight is 424 g/mol. The molecule has 1 saturated carbocycles. The normalized spacial score (nSPS) is 19.0. The summed E-state index contributed by atoms with van der Waals surface area (Å²) >= 11 is 0. The Kier molecular flexibility index (Phi) is 6.11. The van der Waals surface area contributed by atoms with Gasteiger partial charge in [0.2, 0.25) is 5.91 Å². The van der Waals surface area contributed by atoms with Gasteiger partial charge in [0.1, 0.15) is 11.5 Å². The number of rotatable bonds is 7. The van der Waals surface area contributed by atoms with Crippen LogP contribution in [0.2, 0.25) is 0 Å². The smallest absolute Gasteiger partial charge is 0.260 e. The fourth-order valence-electron chi connectivity index (χ4n) is 4.38. The Morgan fingerprint density at radius 2 is 1.84 bits per heavy atom. The van der Waals surface area contributed by atoms with Gasteiger partial charge in [0.25, 0.3) is 5.91 Å². The first-order chi connectivity index (χ1) is 15.0. The standard InChI is InChI=1S/C24H29N3O4/c1-17-4-3-5-18(26-17)15-25-23(29)21-14-24(21)10-12-27(13-11-24)22(28)16-31-20-8-6-19(30-2)7-9-20/h3-9,21H,10-16H2,1-2H3,(H,25,29)/t21-/m1/s1. The molecule has 0 unspecified atom stereocenters. The predicted molar refractivity (Wildman–Crippen MR) is 116 cm³/mol. The van der Waals surface area contributed by atoms with E-state index in [1.807, 2.05) is 30.0 Å². The van der Waals surface area contributed by atoms with Gasteiger partial charge in [0, 0.05) is 24.7 Å². The number of carbonyl (C=O) groups excluding carboxylic acids is 2. The zero-order chi connectivity index (χ0) is 21.8. The number of hydrogen-bond donors (Lipinski definition) is 1. The van der Waals surface area contributed by atoms with Gasteiger partial charge in [0.05, 0.1) is 19.3 Å². The zero-order valence-electron chi connectivity index (χ0n) is 18.1. The van der Waals surface area contributed by atoms with E-state index in [9.17, 15) is 9.59 Å². The number of amides is 2. The predicted octanol–water partition coefficient (Wildman–Crippen LogP) is 2.72. The number of ether oxygens (including phenoxy) is 2. The number of nitrogens with one attached hydrogen (secondary N) is 1. The van der Waals surface area contributed by atoms with E-state index >= 15 is 0 Å². The van der Waals surface area contributed by atoms with Gasteiger partial charge in [-0.3, -0.25) is 14.6 Å². The summed E-state index contributed by atoms with van der Waals surface area (Å²) in [5.41, 5.74) is 1.88. The summed E-state index contributed by atoms with van der Waals surface area (Å²) in [6.07, 6.45) is 2.63. The number of pyridine rings is 1. The lowest BCUT2D eigenvalue weighted by molar-refractivity contribution is -0.135. The van der Waals surface area contributed by atoms with Crippen LogP contribution < -0.4 is 14.8 Å². The number of piperidine rings is 1. The second-order valence-electron chi connectivity index (χ2n) is 8.45. The van der Waals surface area contributed by atoms with Crippen molar-refractivity contribution < 1.29 is 19.1 Å². The van der Waals surface area contributed by atoms with Crippen molar-refractivity contribution in [3.63, 3.8) is 0 Å². The Bertz CT molecular complexity index is 936. The minimum Gasteiger partial charge on any atom is -0.497 e. The number of aromatic nitrogens is 1. The van der Waals surface area contributed by atoms with Crippen molar-refractivity contribution >= 4 is 11.8 Å². The molecule has 7 heteroatoms. The Balaban J connectivity index is 1.20. The SMILES string of the molecule is COc1ccc(OCC(=O)N2CCC3(CC2)C[C@@H]3C(=O)NCc2cccc(C)n2)cc1. The van der Waals surface area contributed by atoms with Gasteiger partial charge < -0.3 is 19.7 Å². The van der Waals surface area contributed by atoms with E-state index in [4.69, 9.17) is 9.47 Å². The monoisotopic (exact) mass is 423 g/mol. The first-order valence-electron chi connectivity index (χ1n) is 10.7. The molecule has 0 radical (unpaired) electrons. The van der Waals surface area contributed by atoms with Gasteiger partial charge in [-0.1, -0.05) is 6.07 Å². The highest BCUT2D eigenvalue weighted by atomic mass is 16.5. The molecule has 1 saturated heterocycles. The van der Waals surface area contributed by atoms with E-state index in [2.05, 4.69) is 10.3 Å². The largest absolute Gasteiger partial charge is 0.497 e. The van der Waals surface area contributed by atoms with Crippen LogP contribution in [-0.2, 0) is 16.1 Å². The summed E-state index contributed by atoms with van der Waals surface area (Å²) in [5, 5.41) is 3.03. The highest BCUT2D eigenvalue weighted by Gasteiger charge is 2.58. The van der Waals surface area contributed by atoms with Crippen LogP contribution in [0.15, 0.2) is 42.5 Å². The topological polar surface area (TPSA) is 80.8 Å². The number of likely N-dealkylation sites (tertiary alicyclic amines) is 1. The molecular weight excluding hydrogens is 394 g/mol. The number of aryl methyl sites for hydroxylation is 1. The first-order valence-corrected chi connectivity index (χ1v) is 10.7. The summed E-state index contributed by atoms with van der Waals surface area (Å²) in [5.74, 6) is 1.52. The molecule has 31 heavy (non-hydrogen) atoms. The van der Waals surface area contributed by atoms with Crippen LogP contribution >= 0.6 is 0 Å². The Morgan fingerprint density at radius 1 is 1.13 bits per heavy atom. The molecule has 4 rings (SSSR count). The van der Waals surface area contributed by atoms with Crippen LogP contribution in [0.25, 0.3) is 0 Å². The second-order valence-corrected chi connectivity index (χ2v) is 8.45. The van der Waals surface area contributed by atoms with Crippen molar-refractivity contribution in [2.24, 2.45) is 11.3 Å². The van der Waals surface area contributed by atoms with Gasteiger partial charge in [-0.2, -0.15) is 0 Å². The number of benzene rings is 1. The summed E-state index contributed by atoms with van der Waals surface area (Å²) in [7, 11) is 1.61. The molecule has 1 N–H and O–H groups in total. The molecule has 1 aromatic carbocycles. The van der Waals surface area contributed by atoms with E-state index < -0.39 is 0 Å². The van der Waals surface area contributed by atoms with E-state index in [-0.39, 0.29) is 29.8 Å². The molecule has 7 nitrogen and oxygen atoms in total. The second kappa shape index (κ2) is 8.96. The fourth-order valence-corrected chi connectivity index (χ4v) is 4.38. The number of hydrogen-bond acceptors (Lipinski definition) is 5. The van der Waals surface area contributed by atoms with E-state index in [0.717, 1.165) is 36.4 Å². The lowest BCUT2D eigenvalue weighted by Crippen LogP contribution is -2.42. The van der Waals surface area contributed by atoms with E-state index in [0.29, 0.717) is 25.4 Å². The summed E-state index contributed by atoms with van der Waals surface area (Å²) < 4.78 is 10.7. The number of nitrogens with zero attached hydrogens (tertiary/aromatic N) is 2. The Morgan fingerprint density at radius 3 is 2.52 bits per heavy atom.